The van der Waals surface area contributed by atoms with E-state index in [1.54, 1.807) is 13.0 Å². The first-order chi connectivity index (χ1) is 9.51. The molecule has 0 heterocycles. The highest BCUT2D eigenvalue weighted by atomic mass is 19.1. The fourth-order valence-electron chi connectivity index (χ4n) is 1.70. The number of nitrogens with zero attached hydrogens (tertiary/aromatic N) is 1. The fourth-order valence-corrected chi connectivity index (χ4v) is 1.70. The maximum atomic E-state index is 13.6. The van der Waals surface area contributed by atoms with Gasteiger partial charge in [0.05, 0.1) is 11.5 Å². The van der Waals surface area contributed by atoms with Crippen molar-refractivity contribution in [2.24, 2.45) is 0 Å². The summed E-state index contributed by atoms with van der Waals surface area (Å²) in [6.07, 6.45) is 0. The SMILES string of the molecule is Cc1ccc(F)c(Oc2ccc(CO)cc2[N+](=O)[O-])c1. The highest BCUT2D eigenvalue weighted by Crippen LogP contribution is 2.33. The largest absolute Gasteiger partial charge is 0.447 e. The predicted octanol–water partition coefficient (Wildman–Crippen LogP) is 3.33. The van der Waals surface area contributed by atoms with E-state index in [4.69, 9.17) is 9.84 Å². The van der Waals surface area contributed by atoms with Crippen LogP contribution in [0.3, 0.4) is 0 Å². The van der Waals surface area contributed by atoms with E-state index in [1.165, 1.54) is 30.3 Å². The number of nitro benzene ring substituents is 1. The average Bonchev–Trinajstić information content (AvgIpc) is 2.43. The molecule has 20 heavy (non-hydrogen) atoms. The van der Waals surface area contributed by atoms with Gasteiger partial charge in [-0.05, 0) is 36.2 Å². The standard InChI is InChI=1S/C14H12FNO4/c1-9-2-4-11(15)14(6-9)20-13-5-3-10(8-17)7-12(13)16(18)19/h2-7,17H,8H2,1H3. The lowest BCUT2D eigenvalue weighted by molar-refractivity contribution is -0.385. The third kappa shape index (κ3) is 2.92. The summed E-state index contributed by atoms with van der Waals surface area (Å²) in [4.78, 5) is 10.3. The Labute approximate surface area is 114 Å². The zero-order valence-electron chi connectivity index (χ0n) is 10.7. The van der Waals surface area contributed by atoms with Gasteiger partial charge in [-0.3, -0.25) is 10.1 Å². The minimum Gasteiger partial charge on any atom is -0.447 e. The molecule has 0 aliphatic rings. The number of aliphatic hydroxyl groups excluding tert-OH is 1. The van der Waals surface area contributed by atoms with Gasteiger partial charge in [0.2, 0.25) is 5.75 Å². The summed E-state index contributed by atoms with van der Waals surface area (Å²) in [5, 5.41) is 20.0. The van der Waals surface area contributed by atoms with Crippen LogP contribution in [-0.4, -0.2) is 10.0 Å². The normalized spacial score (nSPS) is 10.3. The molecule has 0 aliphatic carbocycles. The number of nitro groups is 1. The van der Waals surface area contributed by atoms with Crippen LogP contribution in [0.1, 0.15) is 11.1 Å². The highest BCUT2D eigenvalue weighted by molar-refractivity contribution is 5.50. The summed E-state index contributed by atoms with van der Waals surface area (Å²) in [7, 11) is 0. The number of benzene rings is 2. The molecule has 2 aromatic carbocycles. The van der Waals surface area contributed by atoms with Crippen LogP contribution < -0.4 is 4.74 Å². The smallest absolute Gasteiger partial charge is 0.311 e. The molecule has 5 nitrogen and oxygen atoms in total. The monoisotopic (exact) mass is 277 g/mol. The molecule has 2 rings (SSSR count). The number of aryl methyl sites for hydroxylation is 1. The first kappa shape index (κ1) is 14.0. The molecule has 0 spiro atoms. The van der Waals surface area contributed by atoms with Crippen molar-refractivity contribution in [1.82, 2.24) is 0 Å². The molecule has 0 radical (unpaired) electrons. The van der Waals surface area contributed by atoms with Gasteiger partial charge in [-0.2, -0.15) is 0 Å². The molecule has 1 N–H and O–H groups in total. The summed E-state index contributed by atoms with van der Waals surface area (Å²) in [5.41, 5.74) is 0.835. The average molecular weight is 277 g/mol. The second-order valence-corrected chi connectivity index (χ2v) is 4.25. The maximum Gasteiger partial charge on any atom is 0.311 e. The molecule has 0 fully saturated rings. The third-order valence-electron chi connectivity index (χ3n) is 2.71. The van der Waals surface area contributed by atoms with E-state index in [0.717, 1.165) is 5.56 Å². The van der Waals surface area contributed by atoms with Gasteiger partial charge in [0, 0.05) is 6.07 Å². The van der Waals surface area contributed by atoms with Crippen LogP contribution in [-0.2, 0) is 6.61 Å². The van der Waals surface area contributed by atoms with Crippen molar-refractivity contribution >= 4 is 5.69 Å². The number of aliphatic hydroxyl groups is 1. The molecular formula is C14H12FNO4. The van der Waals surface area contributed by atoms with E-state index in [-0.39, 0.29) is 23.8 Å². The number of hydrogen-bond acceptors (Lipinski definition) is 4. The van der Waals surface area contributed by atoms with Gasteiger partial charge in [-0.15, -0.1) is 0 Å². The molecule has 104 valence electrons. The Balaban J connectivity index is 2.42. The van der Waals surface area contributed by atoms with E-state index >= 15 is 0 Å². The van der Waals surface area contributed by atoms with Crippen LogP contribution >= 0.6 is 0 Å². The summed E-state index contributed by atoms with van der Waals surface area (Å²) in [6.45, 7) is 1.44. The van der Waals surface area contributed by atoms with Crippen LogP contribution in [0.4, 0.5) is 10.1 Å². The van der Waals surface area contributed by atoms with Gasteiger partial charge in [0.25, 0.3) is 0 Å². The van der Waals surface area contributed by atoms with Crippen molar-refractivity contribution in [2.75, 3.05) is 0 Å². The summed E-state index contributed by atoms with van der Waals surface area (Å²) < 4.78 is 18.9. The molecule has 2 aromatic rings. The molecular weight excluding hydrogens is 265 g/mol. The van der Waals surface area contributed by atoms with E-state index in [1.807, 2.05) is 0 Å². The summed E-state index contributed by atoms with van der Waals surface area (Å²) >= 11 is 0. The summed E-state index contributed by atoms with van der Waals surface area (Å²) in [5.74, 6) is -0.752. The molecule has 0 saturated carbocycles. The molecule has 0 unspecified atom stereocenters. The zero-order valence-corrected chi connectivity index (χ0v) is 10.7. The van der Waals surface area contributed by atoms with Gasteiger partial charge in [0.15, 0.2) is 11.6 Å². The van der Waals surface area contributed by atoms with E-state index in [2.05, 4.69) is 0 Å². The first-order valence-corrected chi connectivity index (χ1v) is 5.83. The predicted molar refractivity (Wildman–Crippen MR) is 70.2 cm³/mol. The van der Waals surface area contributed by atoms with Crippen molar-refractivity contribution in [3.63, 3.8) is 0 Å². The number of halogens is 1. The Hall–Kier alpha value is -2.47. The molecule has 0 atom stereocenters. The van der Waals surface area contributed by atoms with Gasteiger partial charge in [0.1, 0.15) is 0 Å². The van der Waals surface area contributed by atoms with Crippen molar-refractivity contribution in [3.8, 4) is 11.5 Å². The molecule has 0 aromatic heterocycles. The number of hydrogen-bond donors (Lipinski definition) is 1. The van der Waals surface area contributed by atoms with E-state index in [9.17, 15) is 14.5 Å². The molecule has 0 aliphatic heterocycles. The molecule has 0 amide bonds. The third-order valence-corrected chi connectivity index (χ3v) is 2.71. The van der Waals surface area contributed by atoms with Crippen LogP contribution in [0.25, 0.3) is 0 Å². The van der Waals surface area contributed by atoms with Gasteiger partial charge in [-0.1, -0.05) is 12.1 Å². The Morgan fingerprint density at radius 1 is 1.25 bits per heavy atom. The fraction of sp³-hybridized carbons (Fsp3) is 0.143. The Bertz CT molecular complexity index is 658. The minimum atomic E-state index is -0.637. The van der Waals surface area contributed by atoms with Crippen LogP contribution in [0, 0.1) is 22.9 Å². The van der Waals surface area contributed by atoms with Crippen LogP contribution in [0.5, 0.6) is 11.5 Å². The number of rotatable bonds is 4. The highest BCUT2D eigenvalue weighted by Gasteiger charge is 2.18. The summed E-state index contributed by atoms with van der Waals surface area (Å²) in [6, 6.07) is 8.29. The quantitative estimate of drug-likeness (QED) is 0.687. The first-order valence-electron chi connectivity index (χ1n) is 5.83. The maximum absolute atomic E-state index is 13.6. The lowest BCUT2D eigenvalue weighted by atomic mass is 10.2. The topological polar surface area (TPSA) is 72.6 Å². The second kappa shape index (κ2) is 5.66. The molecule has 0 bridgehead atoms. The van der Waals surface area contributed by atoms with E-state index < -0.39 is 10.7 Å². The van der Waals surface area contributed by atoms with Crippen LogP contribution in [0.15, 0.2) is 36.4 Å². The van der Waals surface area contributed by atoms with Gasteiger partial charge in [-0.25, -0.2) is 4.39 Å². The minimum absolute atomic E-state index is 0.0725. The van der Waals surface area contributed by atoms with Gasteiger partial charge < -0.3 is 9.84 Å². The van der Waals surface area contributed by atoms with Crippen molar-refractivity contribution in [2.45, 2.75) is 13.5 Å². The Kier molecular flexibility index (Phi) is 3.95. The van der Waals surface area contributed by atoms with Crippen molar-refractivity contribution < 1.29 is 19.2 Å². The van der Waals surface area contributed by atoms with Crippen molar-refractivity contribution in [1.29, 1.82) is 0 Å². The number of ether oxygens (including phenoxy) is 1. The van der Waals surface area contributed by atoms with Crippen molar-refractivity contribution in [3.05, 3.63) is 63.5 Å². The molecule has 0 saturated heterocycles. The second-order valence-electron chi connectivity index (χ2n) is 4.25. The Morgan fingerprint density at radius 3 is 2.65 bits per heavy atom. The molecule has 6 heteroatoms. The van der Waals surface area contributed by atoms with Crippen LogP contribution in [0.2, 0.25) is 0 Å². The lowest BCUT2D eigenvalue weighted by Gasteiger charge is -2.08. The zero-order chi connectivity index (χ0) is 14.7. The lowest BCUT2D eigenvalue weighted by Crippen LogP contribution is -1.97. The van der Waals surface area contributed by atoms with Gasteiger partial charge >= 0.3 is 5.69 Å². The Morgan fingerprint density at radius 2 is 2.00 bits per heavy atom. The van der Waals surface area contributed by atoms with E-state index in [0.29, 0.717) is 5.56 Å².